The molecular weight excluding hydrogens is 349 g/mol. The maximum Gasteiger partial charge on any atom is 0.307 e. The number of fused-ring (bicyclic) bond motifs is 1. The fraction of sp³-hybridized carbons (Fsp3) is 0.286. The van der Waals surface area contributed by atoms with Crippen molar-refractivity contribution in [1.82, 2.24) is 4.90 Å². The Balaban J connectivity index is 1.77. The van der Waals surface area contributed by atoms with Crippen LogP contribution in [0.1, 0.15) is 29.3 Å². The van der Waals surface area contributed by atoms with Crippen LogP contribution < -0.4 is 0 Å². The molecule has 0 saturated carbocycles. The van der Waals surface area contributed by atoms with Crippen molar-refractivity contribution in [2.24, 2.45) is 5.92 Å². The van der Waals surface area contributed by atoms with Crippen LogP contribution in [0, 0.1) is 11.7 Å². The summed E-state index contributed by atoms with van der Waals surface area (Å²) in [4.78, 5) is 14.8. The summed E-state index contributed by atoms with van der Waals surface area (Å²) >= 11 is 1.70. The van der Waals surface area contributed by atoms with Crippen molar-refractivity contribution in [2.75, 3.05) is 13.1 Å². The van der Waals surface area contributed by atoms with Gasteiger partial charge in [0.2, 0.25) is 0 Å². The van der Waals surface area contributed by atoms with E-state index < -0.39 is 5.97 Å². The third kappa shape index (κ3) is 3.37. The molecule has 1 aromatic heterocycles. The minimum absolute atomic E-state index is 0.120. The molecule has 26 heavy (non-hydrogen) atoms. The Hall–Kier alpha value is -2.24. The molecule has 2 aromatic carbocycles. The second-order valence-electron chi connectivity index (χ2n) is 6.82. The summed E-state index contributed by atoms with van der Waals surface area (Å²) in [6.07, 6.45) is 1.54. The van der Waals surface area contributed by atoms with Crippen molar-refractivity contribution >= 4 is 27.4 Å². The van der Waals surface area contributed by atoms with Gasteiger partial charge in [-0.15, -0.1) is 11.3 Å². The molecule has 1 fully saturated rings. The zero-order chi connectivity index (χ0) is 18.1. The Morgan fingerprint density at radius 3 is 2.81 bits per heavy atom. The smallest absolute Gasteiger partial charge is 0.307 e. The molecule has 134 valence electrons. The first-order valence-electron chi connectivity index (χ1n) is 8.82. The van der Waals surface area contributed by atoms with Crippen LogP contribution in [-0.4, -0.2) is 29.1 Å². The summed E-state index contributed by atoms with van der Waals surface area (Å²) < 4.78 is 15.1. The highest BCUT2D eigenvalue weighted by Crippen LogP contribution is 2.38. The molecule has 1 N–H and O–H groups in total. The van der Waals surface area contributed by atoms with Gasteiger partial charge in [-0.05, 0) is 54.6 Å². The average molecular weight is 369 g/mol. The molecular formula is C21H20FNO2S. The third-order valence-electron chi connectivity index (χ3n) is 5.05. The summed E-state index contributed by atoms with van der Waals surface area (Å²) in [5.74, 6) is -1.38. The predicted octanol–water partition coefficient (Wildman–Crippen LogP) is 4.93. The van der Waals surface area contributed by atoms with Gasteiger partial charge in [0.05, 0.1) is 12.0 Å². The number of thiophene rings is 1. The first-order valence-corrected chi connectivity index (χ1v) is 9.64. The number of benzene rings is 2. The predicted molar refractivity (Wildman–Crippen MR) is 102 cm³/mol. The molecule has 0 amide bonds. The number of hydrogen-bond acceptors (Lipinski definition) is 3. The highest BCUT2D eigenvalue weighted by atomic mass is 32.1. The number of nitrogens with zero attached hydrogens (tertiary/aromatic N) is 1. The van der Waals surface area contributed by atoms with Gasteiger partial charge in [-0.2, -0.15) is 0 Å². The Morgan fingerprint density at radius 2 is 2.04 bits per heavy atom. The van der Waals surface area contributed by atoms with E-state index >= 15 is 0 Å². The Morgan fingerprint density at radius 1 is 1.19 bits per heavy atom. The maximum absolute atomic E-state index is 13.9. The highest BCUT2D eigenvalue weighted by Gasteiger charge is 2.32. The summed E-state index contributed by atoms with van der Waals surface area (Å²) in [7, 11) is 0. The minimum Gasteiger partial charge on any atom is -0.481 e. The van der Waals surface area contributed by atoms with Crippen LogP contribution in [0.3, 0.4) is 0 Å². The topological polar surface area (TPSA) is 40.5 Å². The first-order chi connectivity index (χ1) is 12.6. The zero-order valence-corrected chi connectivity index (χ0v) is 15.1. The van der Waals surface area contributed by atoms with Crippen molar-refractivity contribution in [3.05, 3.63) is 70.9 Å². The Labute approximate surface area is 155 Å². The first kappa shape index (κ1) is 17.2. The van der Waals surface area contributed by atoms with Gasteiger partial charge < -0.3 is 5.11 Å². The average Bonchev–Trinajstić information content (AvgIpc) is 3.05. The van der Waals surface area contributed by atoms with Gasteiger partial charge in [0.25, 0.3) is 0 Å². The van der Waals surface area contributed by atoms with Crippen LogP contribution in [-0.2, 0) is 4.79 Å². The number of carbonyl (C=O) groups is 1. The molecule has 4 rings (SSSR count). The molecule has 1 aliphatic heterocycles. The van der Waals surface area contributed by atoms with Crippen molar-refractivity contribution in [3.63, 3.8) is 0 Å². The lowest BCUT2D eigenvalue weighted by Crippen LogP contribution is -2.41. The van der Waals surface area contributed by atoms with E-state index in [0.29, 0.717) is 13.0 Å². The van der Waals surface area contributed by atoms with Crippen LogP contribution in [0.2, 0.25) is 0 Å². The standard InChI is InChI=1S/C21H20FNO2S/c22-17-8-3-6-15(11-17)20(23-10-4-7-16(13-23)21(24)25)19-12-14-5-1-2-9-18(14)26-19/h1-3,5-6,8-9,11-12,16,20H,4,7,10,13H2,(H,24,25). The van der Waals surface area contributed by atoms with Gasteiger partial charge in [0, 0.05) is 16.1 Å². The van der Waals surface area contributed by atoms with Crippen molar-refractivity contribution in [1.29, 1.82) is 0 Å². The molecule has 3 aromatic rings. The summed E-state index contributed by atoms with van der Waals surface area (Å²) in [5.41, 5.74) is 0.877. The van der Waals surface area contributed by atoms with Gasteiger partial charge in [-0.25, -0.2) is 4.39 Å². The highest BCUT2D eigenvalue weighted by molar-refractivity contribution is 7.19. The zero-order valence-electron chi connectivity index (χ0n) is 14.3. The van der Waals surface area contributed by atoms with E-state index in [2.05, 4.69) is 23.1 Å². The lowest BCUT2D eigenvalue weighted by molar-refractivity contribution is -0.143. The molecule has 2 atom stereocenters. The molecule has 0 spiro atoms. The summed E-state index contributed by atoms with van der Waals surface area (Å²) in [6, 6.07) is 16.9. The molecule has 0 bridgehead atoms. The second kappa shape index (κ2) is 7.17. The number of rotatable bonds is 4. The molecule has 0 aliphatic carbocycles. The number of likely N-dealkylation sites (tertiary alicyclic amines) is 1. The quantitative estimate of drug-likeness (QED) is 0.709. The Kier molecular flexibility index (Phi) is 4.74. The van der Waals surface area contributed by atoms with Crippen LogP contribution in [0.25, 0.3) is 10.1 Å². The van der Waals surface area contributed by atoms with Gasteiger partial charge in [-0.1, -0.05) is 30.3 Å². The normalized spacial score (nSPS) is 19.5. The Bertz CT molecular complexity index is 905. The van der Waals surface area contributed by atoms with Crippen LogP contribution in [0.5, 0.6) is 0 Å². The summed E-state index contributed by atoms with van der Waals surface area (Å²) in [5, 5.41) is 10.6. The van der Waals surface area contributed by atoms with Crippen molar-refractivity contribution < 1.29 is 14.3 Å². The van der Waals surface area contributed by atoms with E-state index in [0.717, 1.165) is 23.4 Å². The van der Waals surface area contributed by atoms with E-state index in [1.54, 1.807) is 23.5 Å². The number of halogens is 1. The molecule has 0 radical (unpaired) electrons. The molecule has 2 heterocycles. The van der Waals surface area contributed by atoms with E-state index in [4.69, 9.17) is 0 Å². The van der Waals surface area contributed by atoms with Crippen molar-refractivity contribution in [2.45, 2.75) is 18.9 Å². The fourth-order valence-corrected chi connectivity index (χ4v) is 5.04. The van der Waals surface area contributed by atoms with Gasteiger partial charge in [-0.3, -0.25) is 9.69 Å². The molecule has 1 saturated heterocycles. The number of aliphatic carboxylic acids is 1. The van der Waals surface area contributed by atoms with Gasteiger partial charge in [0.15, 0.2) is 0 Å². The van der Waals surface area contributed by atoms with Crippen LogP contribution in [0.15, 0.2) is 54.6 Å². The molecule has 1 aliphatic rings. The van der Waals surface area contributed by atoms with E-state index in [-0.39, 0.29) is 17.8 Å². The minimum atomic E-state index is -0.746. The molecule has 5 heteroatoms. The lowest BCUT2D eigenvalue weighted by atomic mass is 9.94. The monoisotopic (exact) mass is 369 g/mol. The lowest BCUT2D eigenvalue weighted by Gasteiger charge is -2.37. The number of hydrogen-bond donors (Lipinski definition) is 1. The van der Waals surface area contributed by atoms with Gasteiger partial charge >= 0.3 is 5.97 Å². The number of piperidine rings is 1. The van der Waals surface area contributed by atoms with Crippen LogP contribution in [0.4, 0.5) is 4.39 Å². The van der Waals surface area contributed by atoms with E-state index in [1.165, 1.54) is 16.2 Å². The SMILES string of the molecule is O=C(O)C1CCCN(C(c2cccc(F)c2)c2cc3ccccc3s2)C1. The number of carboxylic acids is 1. The van der Waals surface area contributed by atoms with Crippen LogP contribution >= 0.6 is 11.3 Å². The van der Waals surface area contributed by atoms with Crippen molar-refractivity contribution in [3.8, 4) is 0 Å². The fourth-order valence-electron chi connectivity index (χ4n) is 3.81. The third-order valence-corrected chi connectivity index (χ3v) is 6.21. The largest absolute Gasteiger partial charge is 0.481 e. The van der Waals surface area contributed by atoms with Gasteiger partial charge in [0.1, 0.15) is 5.82 Å². The van der Waals surface area contributed by atoms with E-state index in [1.807, 2.05) is 18.2 Å². The maximum atomic E-state index is 13.9. The second-order valence-corrected chi connectivity index (χ2v) is 7.93. The molecule has 3 nitrogen and oxygen atoms in total. The number of carboxylic acid groups (broad SMARTS) is 1. The molecule has 2 unspecified atom stereocenters. The summed E-state index contributed by atoms with van der Waals surface area (Å²) in [6.45, 7) is 1.31. The van der Waals surface area contributed by atoms with E-state index in [9.17, 15) is 14.3 Å².